The highest BCUT2D eigenvalue weighted by atomic mass is 32.2. The maximum atomic E-state index is 12.5. The van der Waals surface area contributed by atoms with Crippen molar-refractivity contribution >= 4 is 23.6 Å². The zero-order valence-corrected chi connectivity index (χ0v) is 14.7. The van der Waals surface area contributed by atoms with Crippen LogP contribution in [0.15, 0.2) is 30.3 Å². The summed E-state index contributed by atoms with van der Waals surface area (Å²) in [6.45, 7) is 5.51. The van der Waals surface area contributed by atoms with Gasteiger partial charge in [-0.3, -0.25) is 9.59 Å². The molecule has 0 saturated carbocycles. The summed E-state index contributed by atoms with van der Waals surface area (Å²) in [4.78, 5) is 26.1. The maximum Gasteiger partial charge on any atom is 0.309 e. The molecule has 0 aromatic heterocycles. The second-order valence-corrected chi connectivity index (χ2v) is 7.12. The van der Waals surface area contributed by atoms with Gasteiger partial charge in [0, 0.05) is 18.8 Å². The largest absolute Gasteiger partial charge is 0.466 e. The Balaban J connectivity index is 1.76. The number of hydrogen-bond donors (Lipinski definition) is 0. The normalized spacial score (nSPS) is 16.9. The minimum atomic E-state index is -0.119. The second-order valence-electron chi connectivity index (χ2n) is 5.79. The van der Waals surface area contributed by atoms with E-state index >= 15 is 0 Å². The van der Waals surface area contributed by atoms with Crippen molar-refractivity contribution in [2.75, 3.05) is 19.7 Å². The molecule has 1 aliphatic heterocycles. The monoisotopic (exact) mass is 335 g/mol. The van der Waals surface area contributed by atoms with Gasteiger partial charge in [0.05, 0.1) is 17.8 Å². The van der Waals surface area contributed by atoms with E-state index in [9.17, 15) is 9.59 Å². The van der Waals surface area contributed by atoms with E-state index in [1.165, 1.54) is 5.56 Å². The smallest absolute Gasteiger partial charge is 0.309 e. The van der Waals surface area contributed by atoms with Gasteiger partial charge in [0.25, 0.3) is 0 Å². The Bertz CT molecular complexity index is 512. The summed E-state index contributed by atoms with van der Waals surface area (Å²) in [6, 6.07) is 10.2. The number of rotatable bonds is 6. The molecule has 1 aliphatic rings. The van der Waals surface area contributed by atoms with Crippen molar-refractivity contribution < 1.29 is 14.3 Å². The summed E-state index contributed by atoms with van der Waals surface area (Å²) < 4.78 is 5.07. The fourth-order valence-corrected chi connectivity index (χ4v) is 3.65. The van der Waals surface area contributed by atoms with Crippen molar-refractivity contribution in [1.82, 2.24) is 4.90 Å². The van der Waals surface area contributed by atoms with Crippen LogP contribution in [0.1, 0.15) is 32.3 Å². The summed E-state index contributed by atoms with van der Waals surface area (Å²) in [7, 11) is 0. The summed E-state index contributed by atoms with van der Waals surface area (Å²) in [5, 5.41) is -0.0608. The molecule has 0 bridgehead atoms. The van der Waals surface area contributed by atoms with Crippen LogP contribution in [0.3, 0.4) is 0 Å². The van der Waals surface area contributed by atoms with Crippen LogP contribution >= 0.6 is 11.8 Å². The third kappa shape index (κ3) is 5.27. The Morgan fingerprint density at radius 1 is 1.26 bits per heavy atom. The number of amides is 1. The molecule has 1 saturated heterocycles. The zero-order chi connectivity index (χ0) is 16.7. The second kappa shape index (κ2) is 8.96. The van der Waals surface area contributed by atoms with Crippen LogP contribution in [-0.4, -0.2) is 41.7 Å². The molecule has 5 heteroatoms. The molecule has 1 atom stereocenters. The number of piperidine rings is 1. The van der Waals surface area contributed by atoms with Gasteiger partial charge in [-0.25, -0.2) is 0 Å². The number of likely N-dealkylation sites (tertiary alicyclic amines) is 1. The number of carbonyl (C=O) groups excluding carboxylic acids is 2. The summed E-state index contributed by atoms with van der Waals surface area (Å²) in [6.07, 6.45) is 1.42. The van der Waals surface area contributed by atoms with Gasteiger partial charge in [-0.05, 0) is 32.3 Å². The molecule has 1 aromatic carbocycles. The minimum absolute atomic E-state index is 0.0497. The van der Waals surface area contributed by atoms with E-state index in [4.69, 9.17) is 4.74 Å². The molecule has 0 N–H and O–H groups in total. The molecule has 4 nitrogen and oxygen atoms in total. The lowest BCUT2D eigenvalue weighted by molar-refractivity contribution is -0.151. The first-order valence-electron chi connectivity index (χ1n) is 8.22. The third-order valence-electron chi connectivity index (χ3n) is 4.12. The fraction of sp³-hybridized carbons (Fsp3) is 0.556. The molecule has 0 radical (unpaired) electrons. The molecule has 126 valence electrons. The van der Waals surface area contributed by atoms with Gasteiger partial charge in [0.1, 0.15) is 0 Å². The maximum absolute atomic E-state index is 12.5. The Labute approximate surface area is 142 Å². The molecule has 0 spiro atoms. The Morgan fingerprint density at radius 2 is 1.91 bits per heavy atom. The number of nitrogens with zero attached hydrogens (tertiary/aromatic N) is 1. The SMILES string of the molecule is CCOC(=O)C1CCN(C(=O)[C@@H](C)SCc2ccccc2)CC1. The quantitative estimate of drug-likeness (QED) is 0.750. The molecule has 1 aromatic rings. The van der Waals surface area contributed by atoms with Gasteiger partial charge in [-0.1, -0.05) is 30.3 Å². The van der Waals surface area contributed by atoms with E-state index in [0.717, 1.165) is 5.75 Å². The number of esters is 1. The van der Waals surface area contributed by atoms with E-state index in [2.05, 4.69) is 12.1 Å². The van der Waals surface area contributed by atoms with Crippen molar-refractivity contribution in [2.45, 2.75) is 37.7 Å². The standard InChI is InChI=1S/C18H25NO3S/c1-3-22-18(21)16-9-11-19(12-10-16)17(20)14(2)23-13-15-7-5-4-6-8-15/h4-8,14,16H,3,9-13H2,1-2H3/t14-/m1/s1. The zero-order valence-electron chi connectivity index (χ0n) is 13.9. The molecule has 1 heterocycles. The highest BCUT2D eigenvalue weighted by Gasteiger charge is 2.30. The minimum Gasteiger partial charge on any atom is -0.466 e. The van der Waals surface area contributed by atoms with E-state index in [-0.39, 0.29) is 23.0 Å². The Morgan fingerprint density at radius 3 is 2.52 bits per heavy atom. The number of carbonyl (C=O) groups is 2. The predicted octanol–water partition coefficient (Wildman–Crippen LogP) is 3.11. The molecule has 1 amide bonds. The Hall–Kier alpha value is -1.49. The van der Waals surface area contributed by atoms with E-state index in [1.807, 2.05) is 36.9 Å². The van der Waals surface area contributed by atoms with Crippen molar-refractivity contribution in [3.05, 3.63) is 35.9 Å². The van der Waals surface area contributed by atoms with Crippen LogP contribution in [0.4, 0.5) is 0 Å². The third-order valence-corrected chi connectivity index (χ3v) is 5.32. The molecule has 23 heavy (non-hydrogen) atoms. The van der Waals surface area contributed by atoms with E-state index < -0.39 is 0 Å². The van der Waals surface area contributed by atoms with Gasteiger partial charge in [-0.2, -0.15) is 0 Å². The average molecular weight is 335 g/mol. The van der Waals surface area contributed by atoms with Crippen molar-refractivity contribution in [3.63, 3.8) is 0 Å². The summed E-state index contributed by atoms with van der Waals surface area (Å²) in [5.41, 5.74) is 1.23. The number of ether oxygens (including phenoxy) is 1. The molecular weight excluding hydrogens is 310 g/mol. The molecule has 1 fully saturated rings. The van der Waals surface area contributed by atoms with Crippen LogP contribution in [0.25, 0.3) is 0 Å². The summed E-state index contributed by atoms with van der Waals surface area (Å²) >= 11 is 1.66. The molecule has 0 aliphatic carbocycles. The Kier molecular flexibility index (Phi) is 6.96. The molecule has 0 unspecified atom stereocenters. The number of thioether (sulfide) groups is 1. The molecular formula is C18H25NO3S. The number of benzene rings is 1. The van der Waals surface area contributed by atoms with Crippen LogP contribution in [0.5, 0.6) is 0 Å². The highest BCUT2D eigenvalue weighted by Crippen LogP contribution is 2.23. The first-order valence-corrected chi connectivity index (χ1v) is 9.27. The van der Waals surface area contributed by atoms with Gasteiger partial charge >= 0.3 is 5.97 Å². The van der Waals surface area contributed by atoms with Crippen molar-refractivity contribution in [1.29, 1.82) is 0 Å². The lowest BCUT2D eigenvalue weighted by Gasteiger charge is -2.32. The summed E-state index contributed by atoms with van der Waals surface area (Å²) in [5.74, 6) is 0.846. The van der Waals surface area contributed by atoms with Crippen LogP contribution in [-0.2, 0) is 20.1 Å². The van der Waals surface area contributed by atoms with Crippen molar-refractivity contribution in [3.8, 4) is 0 Å². The lowest BCUT2D eigenvalue weighted by Crippen LogP contribution is -2.43. The molecule has 2 rings (SSSR count). The van der Waals surface area contributed by atoms with Gasteiger partial charge in [-0.15, -0.1) is 11.8 Å². The average Bonchev–Trinajstić information content (AvgIpc) is 2.60. The topological polar surface area (TPSA) is 46.6 Å². The van der Waals surface area contributed by atoms with Gasteiger partial charge < -0.3 is 9.64 Å². The number of hydrogen-bond acceptors (Lipinski definition) is 4. The first-order chi connectivity index (χ1) is 11.1. The fourth-order valence-electron chi connectivity index (χ4n) is 2.72. The van der Waals surface area contributed by atoms with E-state index in [0.29, 0.717) is 32.5 Å². The van der Waals surface area contributed by atoms with Crippen LogP contribution in [0, 0.1) is 5.92 Å². The van der Waals surface area contributed by atoms with Crippen molar-refractivity contribution in [2.24, 2.45) is 5.92 Å². The first kappa shape index (κ1) is 17.9. The van der Waals surface area contributed by atoms with Gasteiger partial charge in [0.2, 0.25) is 5.91 Å². The van der Waals surface area contributed by atoms with Crippen LogP contribution in [0.2, 0.25) is 0 Å². The van der Waals surface area contributed by atoms with Crippen LogP contribution < -0.4 is 0 Å². The highest BCUT2D eigenvalue weighted by molar-refractivity contribution is 7.99. The van der Waals surface area contributed by atoms with Gasteiger partial charge in [0.15, 0.2) is 0 Å². The van der Waals surface area contributed by atoms with E-state index in [1.54, 1.807) is 11.8 Å². The lowest BCUT2D eigenvalue weighted by atomic mass is 9.97. The predicted molar refractivity (Wildman–Crippen MR) is 93.1 cm³/mol.